The second kappa shape index (κ2) is 8.88. The molecule has 3 atom stereocenters. The Bertz CT molecular complexity index is 896. The van der Waals surface area contributed by atoms with Gasteiger partial charge >= 0.3 is 6.09 Å². The predicted octanol–water partition coefficient (Wildman–Crippen LogP) is 4.81. The minimum absolute atomic E-state index is 0.0667. The average Bonchev–Trinajstić information content (AvgIpc) is 3.06. The van der Waals surface area contributed by atoms with E-state index in [-0.39, 0.29) is 23.6 Å². The molecule has 1 fully saturated rings. The number of piperazine rings is 1. The number of hydrogen-bond acceptors (Lipinski definition) is 5. The van der Waals surface area contributed by atoms with Crippen molar-refractivity contribution in [3.63, 3.8) is 0 Å². The summed E-state index contributed by atoms with van der Waals surface area (Å²) in [6, 6.07) is 2.65. The van der Waals surface area contributed by atoms with Crippen molar-refractivity contribution in [2.75, 3.05) is 18.0 Å². The van der Waals surface area contributed by atoms with Crippen molar-refractivity contribution in [1.29, 1.82) is 0 Å². The molecule has 1 aromatic heterocycles. The lowest BCUT2D eigenvalue weighted by Crippen LogP contribution is -2.58. The molecule has 1 unspecified atom stereocenters. The van der Waals surface area contributed by atoms with Crippen LogP contribution < -0.4 is 4.90 Å². The first-order chi connectivity index (χ1) is 15.1. The molecule has 6 nitrogen and oxygen atoms in total. The molecular formula is C26H45N3O3Si. The number of carbonyl (C=O) groups excluding carboxylic acids is 1. The van der Waals surface area contributed by atoms with Crippen LogP contribution in [0.5, 0.6) is 0 Å². The average molecular weight is 476 g/mol. The second-order valence-electron chi connectivity index (χ2n) is 12.0. The van der Waals surface area contributed by atoms with E-state index in [1.54, 1.807) is 0 Å². The van der Waals surface area contributed by atoms with Gasteiger partial charge in [-0.15, -0.1) is 0 Å². The number of amides is 1. The second-order valence-corrected chi connectivity index (χ2v) is 12.8. The predicted molar refractivity (Wildman–Crippen MR) is 138 cm³/mol. The van der Waals surface area contributed by atoms with Gasteiger partial charge in [-0.2, -0.15) is 0 Å². The number of anilines is 1. The third-order valence-corrected chi connectivity index (χ3v) is 8.91. The number of hydrogen-bond donors (Lipinski definition) is 0. The normalized spacial score (nSPS) is 23.2. The molecule has 3 heterocycles. The van der Waals surface area contributed by atoms with E-state index in [0.29, 0.717) is 19.0 Å². The molecule has 0 radical (unpaired) electrons. The summed E-state index contributed by atoms with van der Waals surface area (Å²) in [6.07, 6.45) is 0.689. The van der Waals surface area contributed by atoms with E-state index in [9.17, 15) is 4.79 Å². The summed E-state index contributed by atoms with van der Waals surface area (Å²) >= 11 is 0. The highest BCUT2D eigenvalue weighted by atomic mass is 28.2. The van der Waals surface area contributed by atoms with Gasteiger partial charge in [-0.25, -0.2) is 9.78 Å². The quantitative estimate of drug-likeness (QED) is 0.572. The highest BCUT2D eigenvalue weighted by molar-refractivity contribution is 6.25. The number of fused-ring (bicyclic) bond motifs is 3. The Balaban J connectivity index is 1.97. The summed E-state index contributed by atoms with van der Waals surface area (Å²) in [6.45, 7) is 25.0. The van der Waals surface area contributed by atoms with Crippen molar-refractivity contribution >= 4 is 21.7 Å². The summed E-state index contributed by atoms with van der Waals surface area (Å²) in [7, 11) is -0.645. The van der Waals surface area contributed by atoms with Crippen LogP contribution in [0.3, 0.4) is 0 Å². The molecule has 186 valence electrons. The first-order valence-electron chi connectivity index (χ1n) is 12.5. The maximum atomic E-state index is 12.8. The van der Waals surface area contributed by atoms with Gasteiger partial charge in [0.15, 0.2) is 9.76 Å². The fourth-order valence-electron chi connectivity index (χ4n) is 5.26. The highest BCUT2D eigenvalue weighted by Crippen LogP contribution is 2.48. The topological polar surface area (TPSA) is 54.9 Å². The van der Waals surface area contributed by atoms with E-state index in [1.807, 2.05) is 25.7 Å². The Hall–Kier alpha value is -1.60. The molecule has 0 aromatic carbocycles. The van der Waals surface area contributed by atoms with Crippen molar-refractivity contribution < 1.29 is 14.0 Å². The van der Waals surface area contributed by atoms with E-state index in [2.05, 4.69) is 66.0 Å². The Labute approximate surface area is 203 Å². The highest BCUT2D eigenvalue weighted by Gasteiger charge is 2.48. The van der Waals surface area contributed by atoms with E-state index >= 15 is 0 Å². The number of aryl methyl sites for hydroxylation is 1. The molecule has 1 amide bonds. The minimum Gasteiger partial charge on any atom is -0.444 e. The Morgan fingerprint density at radius 3 is 2.36 bits per heavy atom. The Morgan fingerprint density at radius 1 is 1.18 bits per heavy atom. The molecule has 2 aliphatic heterocycles. The van der Waals surface area contributed by atoms with Gasteiger partial charge in [-0.1, -0.05) is 34.2 Å². The molecule has 0 bridgehead atoms. The van der Waals surface area contributed by atoms with Crippen molar-refractivity contribution in [2.45, 2.75) is 105 Å². The molecule has 2 aliphatic rings. The van der Waals surface area contributed by atoms with Gasteiger partial charge in [-0.3, -0.25) is 0 Å². The van der Waals surface area contributed by atoms with Crippen LogP contribution in [0.15, 0.2) is 6.07 Å². The third-order valence-electron chi connectivity index (χ3n) is 8.04. The Kier molecular flexibility index (Phi) is 7.00. The zero-order valence-electron chi connectivity index (χ0n) is 22.7. The van der Waals surface area contributed by atoms with Crippen molar-refractivity contribution in [2.24, 2.45) is 11.3 Å². The molecule has 33 heavy (non-hydrogen) atoms. The van der Waals surface area contributed by atoms with Gasteiger partial charge in [0.2, 0.25) is 0 Å². The minimum atomic E-state index is -0.645. The number of ether oxygens (including phenoxy) is 1. The summed E-state index contributed by atoms with van der Waals surface area (Å²) in [5, 5.41) is 0. The van der Waals surface area contributed by atoms with Crippen LogP contribution in [0.4, 0.5) is 10.6 Å². The zero-order chi connectivity index (χ0) is 24.9. The number of carbonyl (C=O) groups is 1. The van der Waals surface area contributed by atoms with Crippen LogP contribution in [-0.4, -0.2) is 56.5 Å². The third kappa shape index (κ3) is 4.68. The summed E-state index contributed by atoms with van der Waals surface area (Å²) < 4.78 is 12.3. The van der Waals surface area contributed by atoms with Crippen LogP contribution in [0.1, 0.15) is 79.1 Å². The largest absolute Gasteiger partial charge is 0.444 e. The zero-order valence-corrected chi connectivity index (χ0v) is 24.1. The SMILES string of the molecule is C[SiH2]OC(C)(c1cc(C)c2c(n1)N1[C@H](C2)CN(C(=O)OC(C)(C)C)C[C@H]1C)C(C)(C)C(C)C. The molecule has 7 heteroatoms. The molecule has 1 saturated heterocycles. The van der Waals surface area contributed by atoms with Gasteiger partial charge < -0.3 is 19.0 Å². The summed E-state index contributed by atoms with van der Waals surface area (Å²) in [5.74, 6) is 1.53. The lowest BCUT2D eigenvalue weighted by molar-refractivity contribution is -0.0613. The van der Waals surface area contributed by atoms with Crippen LogP contribution in [0.2, 0.25) is 6.55 Å². The molecule has 1 aromatic rings. The maximum absolute atomic E-state index is 12.8. The lowest BCUT2D eigenvalue weighted by Gasteiger charge is -2.47. The summed E-state index contributed by atoms with van der Waals surface area (Å²) in [5.41, 5.74) is 2.62. The molecule has 0 aliphatic carbocycles. The summed E-state index contributed by atoms with van der Waals surface area (Å²) in [4.78, 5) is 22.4. The molecule has 0 N–H and O–H groups in total. The van der Waals surface area contributed by atoms with Crippen LogP contribution in [0, 0.1) is 18.3 Å². The van der Waals surface area contributed by atoms with Gasteiger partial charge in [0.1, 0.15) is 17.0 Å². The lowest BCUT2D eigenvalue weighted by atomic mass is 9.67. The molecule has 3 rings (SSSR count). The van der Waals surface area contributed by atoms with Gasteiger partial charge in [0, 0.05) is 24.5 Å². The van der Waals surface area contributed by atoms with E-state index in [4.69, 9.17) is 14.1 Å². The van der Waals surface area contributed by atoms with Crippen molar-refractivity contribution in [1.82, 2.24) is 9.88 Å². The van der Waals surface area contributed by atoms with Crippen molar-refractivity contribution in [3.05, 3.63) is 22.9 Å². The standard InChI is InChI=1S/C26H45N3O3Si/c1-16(2)25(8,9)26(10,32-33-11)21-12-17(3)20-13-19-15-28(23(30)31-24(5,6)7)14-18(4)29(19)22(20)27-21/h12,16,18-19H,13-15,33H2,1-11H3/t18-,19-,26?/m1/s1. The fourth-order valence-corrected chi connectivity index (χ4v) is 6.36. The number of rotatable bonds is 5. The van der Waals surface area contributed by atoms with E-state index in [1.165, 1.54) is 11.1 Å². The molecule has 0 spiro atoms. The first-order valence-corrected chi connectivity index (χ1v) is 14.5. The van der Waals surface area contributed by atoms with Gasteiger partial charge in [0.25, 0.3) is 0 Å². The van der Waals surface area contributed by atoms with Crippen LogP contribution >= 0.6 is 0 Å². The Morgan fingerprint density at radius 2 is 1.82 bits per heavy atom. The fraction of sp³-hybridized carbons (Fsp3) is 0.769. The molecular weight excluding hydrogens is 430 g/mol. The smallest absolute Gasteiger partial charge is 0.410 e. The number of nitrogens with zero attached hydrogens (tertiary/aromatic N) is 3. The first kappa shape index (κ1) is 26.0. The van der Waals surface area contributed by atoms with E-state index < -0.39 is 21.0 Å². The number of pyridine rings is 1. The van der Waals surface area contributed by atoms with Crippen LogP contribution in [-0.2, 0) is 21.2 Å². The van der Waals surface area contributed by atoms with Gasteiger partial charge in [0.05, 0.1) is 11.7 Å². The van der Waals surface area contributed by atoms with Crippen molar-refractivity contribution in [3.8, 4) is 0 Å². The van der Waals surface area contributed by atoms with E-state index in [0.717, 1.165) is 17.9 Å². The molecule has 0 saturated carbocycles. The monoisotopic (exact) mass is 475 g/mol. The number of aromatic nitrogens is 1. The van der Waals surface area contributed by atoms with Gasteiger partial charge in [-0.05, 0) is 71.1 Å². The van der Waals surface area contributed by atoms with Crippen LogP contribution in [0.25, 0.3) is 0 Å². The maximum Gasteiger partial charge on any atom is 0.410 e.